The number of hydrogen-bond donors (Lipinski definition) is 2. The summed E-state index contributed by atoms with van der Waals surface area (Å²) in [6, 6.07) is 3.76. The first kappa shape index (κ1) is 10.1. The van der Waals surface area contributed by atoms with Gasteiger partial charge in [-0.3, -0.25) is 4.98 Å². The van der Waals surface area contributed by atoms with Gasteiger partial charge in [0.05, 0.1) is 6.61 Å². The van der Waals surface area contributed by atoms with Crippen LogP contribution in [0, 0.1) is 6.92 Å². The Morgan fingerprint density at radius 3 is 2.93 bits per heavy atom. The SMILES string of the molecule is Cc1cccnc1C1=C[C@H](O)[C@@H](CO)O1. The van der Waals surface area contributed by atoms with Crippen molar-refractivity contribution >= 4 is 5.76 Å². The van der Waals surface area contributed by atoms with Gasteiger partial charge < -0.3 is 14.9 Å². The molecule has 0 unspecified atom stereocenters. The Balaban J connectivity index is 2.27. The fourth-order valence-corrected chi connectivity index (χ4v) is 1.56. The second kappa shape index (κ2) is 4.00. The first-order valence-corrected chi connectivity index (χ1v) is 4.81. The molecule has 0 spiro atoms. The van der Waals surface area contributed by atoms with Crippen molar-refractivity contribution in [3.05, 3.63) is 35.7 Å². The second-order valence-corrected chi connectivity index (χ2v) is 3.53. The summed E-state index contributed by atoms with van der Waals surface area (Å²) in [5, 5.41) is 18.5. The number of aromatic nitrogens is 1. The average Bonchev–Trinajstić information content (AvgIpc) is 2.60. The van der Waals surface area contributed by atoms with E-state index in [1.807, 2.05) is 19.1 Å². The largest absolute Gasteiger partial charge is 0.483 e. The van der Waals surface area contributed by atoms with Crippen LogP contribution in [-0.4, -0.2) is 34.0 Å². The number of pyridine rings is 1. The molecular formula is C11H13NO3. The van der Waals surface area contributed by atoms with Crippen LogP contribution in [0.5, 0.6) is 0 Å². The minimum Gasteiger partial charge on any atom is -0.483 e. The zero-order chi connectivity index (χ0) is 10.8. The lowest BCUT2D eigenvalue weighted by Gasteiger charge is -2.12. The van der Waals surface area contributed by atoms with Gasteiger partial charge in [0.1, 0.15) is 17.6 Å². The van der Waals surface area contributed by atoms with Gasteiger partial charge in [0.25, 0.3) is 0 Å². The molecule has 2 atom stereocenters. The van der Waals surface area contributed by atoms with Gasteiger partial charge in [-0.1, -0.05) is 6.07 Å². The standard InChI is InChI=1S/C11H13NO3/c1-7-3-2-4-12-11(7)9-5-8(14)10(6-13)15-9/h2-5,8,10,13-14H,6H2,1H3/t8-,10+/m0/s1. The Morgan fingerprint density at radius 1 is 1.53 bits per heavy atom. The third-order valence-corrected chi connectivity index (χ3v) is 2.40. The van der Waals surface area contributed by atoms with E-state index in [0.29, 0.717) is 11.5 Å². The summed E-state index contributed by atoms with van der Waals surface area (Å²) >= 11 is 0. The first-order valence-electron chi connectivity index (χ1n) is 4.81. The first-order chi connectivity index (χ1) is 7.22. The fourth-order valence-electron chi connectivity index (χ4n) is 1.56. The number of aliphatic hydroxyl groups is 2. The summed E-state index contributed by atoms with van der Waals surface area (Å²) < 4.78 is 5.39. The van der Waals surface area contributed by atoms with Crippen molar-refractivity contribution in [3.8, 4) is 0 Å². The van der Waals surface area contributed by atoms with Crippen LogP contribution in [-0.2, 0) is 4.74 Å². The predicted molar refractivity (Wildman–Crippen MR) is 54.9 cm³/mol. The average molecular weight is 207 g/mol. The maximum absolute atomic E-state index is 9.52. The summed E-state index contributed by atoms with van der Waals surface area (Å²) in [5.41, 5.74) is 1.70. The molecule has 0 aliphatic carbocycles. The lowest BCUT2D eigenvalue weighted by atomic mass is 10.1. The molecule has 0 aromatic carbocycles. The Hall–Kier alpha value is -1.39. The highest BCUT2D eigenvalue weighted by atomic mass is 16.5. The number of hydrogen-bond acceptors (Lipinski definition) is 4. The molecule has 0 bridgehead atoms. The van der Waals surface area contributed by atoms with Gasteiger partial charge in [-0.05, 0) is 24.6 Å². The van der Waals surface area contributed by atoms with Crippen LogP contribution in [0.15, 0.2) is 24.4 Å². The number of aryl methyl sites for hydroxylation is 1. The van der Waals surface area contributed by atoms with E-state index in [1.54, 1.807) is 12.3 Å². The molecule has 0 fully saturated rings. The van der Waals surface area contributed by atoms with Crippen LogP contribution in [0.1, 0.15) is 11.3 Å². The summed E-state index contributed by atoms with van der Waals surface area (Å²) in [6.45, 7) is 1.72. The van der Waals surface area contributed by atoms with E-state index in [2.05, 4.69) is 4.98 Å². The minimum atomic E-state index is -0.758. The van der Waals surface area contributed by atoms with Gasteiger partial charge in [-0.2, -0.15) is 0 Å². The van der Waals surface area contributed by atoms with E-state index in [4.69, 9.17) is 9.84 Å². The lowest BCUT2D eigenvalue weighted by Crippen LogP contribution is -2.25. The minimum absolute atomic E-state index is 0.201. The molecule has 0 saturated carbocycles. The maximum Gasteiger partial charge on any atom is 0.151 e. The fraction of sp³-hybridized carbons (Fsp3) is 0.364. The summed E-state index contributed by atoms with van der Waals surface area (Å²) in [7, 11) is 0. The van der Waals surface area contributed by atoms with Crippen molar-refractivity contribution < 1.29 is 14.9 Å². The Bertz CT molecular complexity index is 389. The van der Waals surface area contributed by atoms with Gasteiger partial charge in [-0.15, -0.1) is 0 Å². The normalized spacial score (nSPS) is 24.9. The van der Waals surface area contributed by atoms with E-state index in [0.717, 1.165) is 5.56 Å². The Morgan fingerprint density at radius 2 is 2.33 bits per heavy atom. The molecule has 2 heterocycles. The van der Waals surface area contributed by atoms with Crippen molar-refractivity contribution in [2.24, 2.45) is 0 Å². The highest BCUT2D eigenvalue weighted by Gasteiger charge is 2.28. The molecule has 1 aromatic rings. The van der Waals surface area contributed by atoms with Crippen molar-refractivity contribution in [2.45, 2.75) is 19.1 Å². The van der Waals surface area contributed by atoms with Crippen LogP contribution >= 0.6 is 0 Å². The molecule has 1 aromatic heterocycles. The third-order valence-electron chi connectivity index (χ3n) is 2.40. The zero-order valence-corrected chi connectivity index (χ0v) is 8.42. The van der Waals surface area contributed by atoms with Crippen molar-refractivity contribution in [1.82, 2.24) is 4.98 Å². The highest BCUT2D eigenvalue weighted by molar-refractivity contribution is 5.61. The molecular weight excluding hydrogens is 194 g/mol. The lowest BCUT2D eigenvalue weighted by molar-refractivity contribution is 0.0290. The molecule has 2 rings (SSSR count). The topological polar surface area (TPSA) is 62.6 Å². The zero-order valence-electron chi connectivity index (χ0n) is 8.42. The van der Waals surface area contributed by atoms with E-state index < -0.39 is 12.2 Å². The molecule has 0 saturated heterocycles. The predicted octanol–water partition coefficient (Wildman–Crippen LogP) is 0.483. The van der Waals surface area contributed by atoms with Gasteiger partial charge in [0.15, 0.2) is 6.10 Å². The summed E-state index contributed by atoms with van der Waals surface area (Å²) in [4.78, 5) is 4.18. The second-order valence-electron chi connectivity index (χ2n) is 3.53. The molecule has 2 N–H and O–H groups in total. The quantitative estimate of drug-likeness (QED) is 0.740. The van der Waals surface area contributed by atoms with Gasteiger partial charge >= 0.3 is 0 Å². The monoisotopic (exact) mass is 207 g/mol. The van der Waals surface area contributed by atoms with Gasteiger partial charge in [0.2, 0.25) is 0 Å². The van der Waals surface area contributed by atoms with E-state index in [1.165, 1.54) is 0 Å². The Kier molecular flexibility index (Phi) is 2.70. The Labute approximate surface area is 87.8 Å². The van der Waals surface area contributed by atoms with Crippen molar-refractivity contribution in [2.75, 3.05) is 6.61 Å². The smallest absolute Gasteiger partial charge is 0.151 e. The van der Waals surface area contributed by atoms with Crippen LogP contribution in [0.25, 0.3) is 5.76 Å². The molecule has 1 aliphatic heterocycles. The molecule has 15 heavy (non-hydrogen) atoms. The molecule has 0 amide bonds. The summed E-state index contributed by atoms with van der Waals surface area (Å²) in [6.07, 6.45) is 1.93. The van der Waals surface area contributed by atoms with Gasteiger partial charge in [-0.25, -0.2) is 0 Å². The van der Waals surface area contributed by atoms with Crippen LogP contribution in [0.3, 0.4) is 0 Å². The third kappa shape index (κ3) is 1.86. The number of nitrogens with zero attached hydrogens (tertiary/aromatic N) is 1. The van der Waals surface area contributed by atoms with Crippen molar-refractivity contribution in [1.29, 1.82) is 0 Å². The van der Waals surface area contributed by atoms with E-state index >= 15 is 0 Å². The molecule has 0 radical (unpaired) electrons. The van der Waals surface area contributed by atoms with Crippen molar-refractivity contribution in [3.63, 3.8) is 0 Å². The van der Waals surface area contributed by atoms with E-state index in [-0.39, 0.29) is 6.61 Å². The highest BCUT2D eigenvalue weighted by Crippen LogP contribution is 2.26. The molecule has 4 heteroatoms. The van der Waals surface area contributed by atoms with Crippen LogP contribution in [0.2, 0.25) is 0 Å². The number of rotatable bonds is 2. The number of ether oxygens (including phenoxy) is 1. The molecule has 4 nitrogen and oxygen atoms in total. The van der Waals surface area contributed by atoms with Crippen LogP contribution < -0.4 is 0 Å². The van der Waals surface area contributed by atoms with Gasteiger partial charge in [0, 0.05) is 6.20 Å². The maximum atomic E-state index is 9.52. The molecule has 80 valence electrons. The number of aliphatic hydroxyl groups excluding tert-OH is 2. The summed E-state index contributed by atoms with van der Waals surface area (Å²) in [5.74, 6) is 0.541. The molecule has 1 aliphatic rings. The van der Waals surface area contributed by atoms with E-state index in [9.17, 15) is 5.11 Å². The van der Waals surface area contributed by atoms with Crippen LogP contribution in [0.4, 0.5) is 0 Å².